The fourth-order valence-corrected chi connectivity index (χ4v) is 3.35. The van der Waals surface area contributed by atoms with Gasteiger partial charge < -0.3 is 10.1 Å². The molecule has 6 heteroatoms. The first-order valence-corrected chi connectivity index (χ1v) is 9.37. The molecule has 1 aliphatic heterocycles. The molecule has 4 nitrogen and oxygen atoms in total. The van der Waals surface area contributed by atoms with Crippen molar-refractivity contribution in [1.29, 1.82) is 0 Å². The van der Waals surface area contributed by atoms with Gasteiger partial charge in [0.25, 0.3) is 5.91 Å². The number of benzene rings is 3. The van der Waals surface area contributed by atoms with Crippen LogP contribution in [-0.4, -0.2) is 11.7 Å². The van der Waals surface area contributed by atoms with E-state index in [4.69, 9.17) is 27.9 Å². The zero-order valence-corrected chi connectivity index (χ0v) is 16.4. The molecule has 28 heavy (non-hydrogen) atoms. The minimum Gasteiger partial charge on any atom is -0.454 e. The maximum Gasteiger partial charge on any atom is 0.259 e. The Balaban J connectivity index is 1.62. The van der Waals surface area contributed by atoms with E-state index in [0.29, 0.717) is 43.9 Å². The van der Waals surface area contributed by atoms with Crippen molar-refractivity contribution < 1.29 is 14.3 Å². The molecule has 0 fully saturated rings. The third kappa shape index (κ3) is 3.61. The predicted molar refractivity (Wildman–Crippen MR) is 110 cm³/mol. The lowest BCUT2D eigenvalue weighted by Crippen LogP contribution is -2.11. The number of hydrogen-bond acceptors (Lipinski definition) is 3. The number of halogens is 2. The summed E-state index contributed by atoms with van der Waals surface area (Å²) in [6.07, 6.45) is 0.130. The molecular formula is C22H15Cl2NO3. The summed E-state index contributed by atoms with van der Waals surface area (Å²) < 4.78 is 5.90. The predicted octanol–water partition coefficient (Wildman–Crippen LogP) is 6.09. The van der Waals surface area contributed by atoms with E-state index in [0.717, 1.165) is 5.56 Å². The highest BCUT2D eigenvalue weighted by Crippen LogP contribution is 2.36. The van der Waals surface area contributed by atoms with E-state index in [1.807, 2.05) is 25.1 Å². The molecule has 1 heterocycles. The van der Waals surface area contributed by atoms with Crippen LogP contribution in [0.15, 0.2) is 54.6 Å². The normalized spacial score (nSPS) is 12.3. The molecule has 0 spiro atoms. The molecule has 1 amide bonds. The van der Waals surface area contributed by atoms with Crippen molar-refractivity contribution in [2.24, 2.45) is 0 Å². The van der Waals surface area contributed by atoms with Crippen LogP contribution in [0.25, 0.3) is 0 Å². The summed E-state index contributed by atoms with van der Waals surface area (Å²) in [6.45, 7) is 1.94. The fraction of sp³-hybridized carbons (Fsp3) is 0.0909. The second-order valence-corrected chi connectivity index (χ2v) is 7.43. The van der Waals surface area contributed by atoms with Gasteiger partial charge in [-0.05, 0) is 60.5 Å². The minimum atomic E-state index is -0.275. The number of anilines is 1. The van der Waals surface area contributed by atoms with Gasteiger partial charge in [-0.3, -0.25) is 9.59 Å². The van der Waals surface area contributed by atoms with E-state index >= 15 is 0 Å². The molecular weight excluding hydrogens is 397 g/mol. The third-order valence-corrected chi connectivity index (χ3v) is 5.24. The molecule has 0 saturated heterocycles. The number of aryl methyl sites for hydroxylation is 1. The van der Waals surface area contributed by atoms with Crippen LogP contribution in [0.1, 0.15) is 31.8 Å². The van der Waals surface area contributed by atoms with Crippen molar-refractivity contribution in [3.8, 4) is 11.5 Å². The molecule has 140 valence electrons. The van der Waals surface area contributed by atoms with Gasteiger partial charge in [-0.1, -0.05) is 35.3 Å². The first-order chi connectivity index (χ1) is 13.4. The largest absolute Gasteiger partial charge is 0.454 e. The highest BCUT2D eigenvalue weighted by atomic mass is 35.5. The van der Waals surface area contributed by atoms with Crippen molar-refractivity contribution in [1.82, 2.24) is 0 Å². The van der Waals surface area contributed by atoms with Gasteiger partial charge in [-0.25, -0.2) is 0 Å². The lowest BCUT2D eigenvalue weighted by molar-refractivity contribution is 0.0989. The SMILES string of the molecule is Cc1ccc2c(c1)NC(=O)c1cc(CC(=O)c3ccc(Cl)c(Cl)c3)ccc1O2. The van der Waals surface area contributed by atoms with Gasteiger partial charge in [0.2, 0.25) is 0 Å². The Bertz CT molecular complexity index is 1120. The quantitative estimate of drug-likeness (QED) is 0.530. The summed E-state index contributed by atoms with van der Waals surface area (Å²) in [5, 5.41) is 3.59. The number of hydrogen-bond donors (Lipinski definition) is 1. The van der Waals surface area contributed by atoms with Crippen LogP contribution in [0, 0.1) is 6.92 Å². The molecule has 0 unspecified atom stereocenters. The average molecular weight is 412 g/mol. The number of amides is 1. The number of nitrogens with one attached hydrogen (secondary N) is 1. The number of fused-ring (bicyclic) bond motifs is 2. The molecule has 0 radical (unpaired) electrons. The van der Waals surface area contributed by atoms with Crippen molar-refractivity contribution >= 4 is 40.6 Å². The Hall–Kier alpha value is -2.82. The van der Waals surface area contributed by atoms with Crippen LogP contribution in [0.4, 0.5) is 5.69 Å². The standard InChI is InChI=1S/C22H15Cl2NO3/c1-12-2-6-21-18(8-12)25-22(27)15-9-13(3-7-20(15)28-21)10-19(26)14-4-5-16(23)17(24)11-14/h2-9,11H,10H2,1H3,(H,25,27). The number of ketones is 1. The molecule has 1 aliphatic rings. The highest BCUT2D eigenvalue weighted by molar-refractivity contribution is 6.42. The van der Waals surface area contributed by atoms with Gasteiger partial charge in [0.15, 0.2) is 11.5 Å². The number of ether oxygens (including phenoxy) is 1. The molecule has 0 bridgehead atoms. The van der Waals surface area contributed by atoms with E-state index in [9.17, 15) is 9.59 Å². The lowest BCUT2D eigenvalue weighted by atomic mass is 10.0. The summed E-state index contributed by atoms with van der Waals surface area (Å²) in [4.78, 5) is 25.2. The molecule has 4 rings (SSSR count). The Morgan fingerprint density at radius 2 is 1.75 bits per heavy atom. The number of carbonyl (C=O) groups is 2. The first kappa shape index (κ1) is 18.5. The smallest absolute Gasteiger partial charge is 0.259 e. The number of Topliss-reactive ketones (excluding diaryl/α,β-unsaturated/α-hetero) is 1. The van der Waals surface area contributed by atoms with Crippen LogP contribution in [0.5, 0.6) is 11.5 Å². The molecule has 0 aromatic heterocycles. The zero-order valence-electron chi connectivity index (χ0n) is 14.9. The van der Waals surface area contributed by atoms with Crippen molar-refractivity contribution in [2.75, 3.05) is 5.32 Å². The Morgan fingerprint density at radius 1 is 0.964 bits per heavy atom. The van der Waals surface area contributed by atoms with E-state index in [-0.39, 0.29) is 18.1 Å². The first-order valence-electron chi connectivity index (χ1n) is 8.62. The summed E-state index contributed by atoms with van der Waals surface area (Å²) in [7, 11) is 0. The summed E-state index contributed by atoms with van der Waals surface area (Å²) in [5.74, 6) is 0.638. The van der Waals surface area contributed by atoms with Gasteiger partial charge in [0.05, 0.1) is 21.3 Å². The number of carbonyl (C=O) groups excluding carboxylic acids is 2. The van der Waals surface area contributed by atoms with Gasteiger partial charge >= 0.3 is 0 Å². The molecule has 1 N–H and O–H groups in total. The van der Waals surface area contributed by atoms with E-state index in [1.54, 1.807) is 36.4 Å². The van der Waals surface area contributed by atoms with Crippen LogP contribution >= 0.6 is 23.2 Å². The third-order valence-electron chi connectivity index (χ3n) is 4.50. The Labute approximate surface area is 172 Å². The molecule has 0 aliphatic carbocycles. The van der Waals surface area contributed by atoms with E-state index in [1.165, 1.54) is 0 Å². The monoisotopic (exact) mass is 411 g/mol. The van der Waals surface area contributed by atoms with Gasteiger partial charge in [-0.15, -0.1) is 0 Å². The van der Waals surface area contributed by atoms with Gasteiger partial charge in [0.1, 0.15) is 5.75 Å². The van der Waals surface area contributed by atoms with Crippen LogP contribution in [0.2, 0.25) is 10.0 Å². The van der Waals surface area contributed by atoms with Gasteiger partial charge in [-0.2, -0.15) is 0 Å². The zero-order chi connectivity index (χ0) is 19.8. The number of rotatable bonds is 3. The molecule has 0 atom stereocenters. The van der Waals surface area contributed by atoms with Crippen molar-refractivity contribution in [3.05, 3.63) is 86.9 Å². The van der Waals surface area contributed by atoms with E-state index in [2.05, 4.69) is 5.32 Å². The molecule has 3 aromatic carbocycles. The van der Waals surface area contributed by atoms with Crippen molar-refractivity contribution in [3.63, 3.8) is 0 Å². The van der Waals surface area contributed by atoms with Crippen LogP contribution < -0.4 is 10.1 Å². The maximum atomic E-state index is 12.7. The lowest BCUT2D eigenvalue weighted by Gasteiger charge is -2.09. The summed E-state index contributed by atoms with van der Waals surface area (Å²) in [5.41, 5.74) is 3.19. The average Bonchev–Trinajstić information content (AvgIpc) is 2.79. The fourth-order valence-electron chi connectivity index (χ4n) is 3.05. The van der Waals surface area contributed by atoms with Gasteiger partial charge in [0, 0.05) is 12.0 Å². The highest BCUT2D eigenvalue weighted by Gasteiger charge is 2.22. The maximum absolute atomic E-state index is 12.7. The molecule has 0 saturated carbocycles. The van der Waals surface area contributed by atoms with Crippen LogP contribution in [-0.2, 0) is 6.42 Å². The van der Waals surface area contributed by atoms with Crippen LogP contribution in [0.3, 0.4) is 0 Å². The molecule has 3 aromatic rings. The Kier molecular flexibility index (Phi) is 4.84. The Morgan fingerprint density at radius 3 is 2.54 bits per heavy atom. The summed E-state index contributed by atoms with van der Waals surface area (Å²) in [6, 6.07) is 15.5. The summed E-state index contributed by atoms with van der Waals surface area (Å²) >= 11 is 11.9. The second-order valence-electron chi connectivity index (χ2n) is 6.62. The van der Waals surface area contributed by atoms with E-state index < -0.39 is 0 Å². The minimum absolute atomic E-state index is 0.118. The second kappa shape index (κ2) is 7.30. The van der Waals surface area contributed by atoms with Crippen molar-refractivity contribution in [2.45, 2.75) is 13.3 Å². The topological polar surface area (TPSA) is 55.4 Å².